The van der Waals surface area contributed by atoms with Crippen molar-refractivity contribution in [2.75, 3.05) is 13.2 Å². The highest BCUT2D eigenvalue weighted by atomic mass is 16.5. The zero-order chi connectivity index (χ0) is 13.0. The van der Waals surface area contributed by atoms with Gasteiger partial charge < -0.3 is 10.1 Å². The zero-order valence-corrected chi connectivity index (χ0v) is 11.9. The number of ether oxygens (including phenoxy) is 1. The molecule has 1 N–H and O–H groups in total. The second kappa shape index (κ2) is 6.35. The lowest BCUT2D eigenvalue weighted by Crippen LogP contribution is -2.20. The third-order valence-electron chi connectivity index (χ3n) is 3.93. The van der Waals surface area contributed by atoms with Gasteiger partial charge in [0.15, 0.2) is 0 Å². The average molecular weight is 247 g/mol. The molecule has 2 heteroatoms. The van der Waals surface area contributed by atoms with Gasteiger partial charge in [-0.1, -0.05) is 12.1 Å². The van der Waals surface area contributed by atoms with Crippen LogP contribution in [0.15, 0.2) is 12.1 Å². The Kier molecular flexibility index (Phi) is 4.79. The Morgan fingerprint density at radius 2 is 1.94 bits per heavy atom. The lowest BCUT2D eigenvalue weighted by atomic mass is 10.0. The molecule has 2 rings (SSSR count). The molecule has 0 spiro atoms. The van der Waals surface area contributed by atoms with E-state index in [1.54, 1.807) is 0 Å². The third kappa shape index (κ3) is 3.56. The molecule has 0 aromatic heterocycles. The van der Waals surface area contributed by atoms with Gasteiger partial charge in [0.1, 0.15) is 0 Å². The molecule has 2 nitrogen and oxygen atoms in total. The van der Waals surface area contributed by atoms with Crippen molar-refractivity contribution in [3.8, 4) is 0 Å². The van der Waals surface area contributed by atoms with Gasteiger partial charge in [-0.25, -0.2) is 0 Å². The van der Waals surface area contributed by atoms with E-state index < -0.39 is 0 Å². The molecular formula is C16H25NO. The third-order valence-corrected chi connectivity index (χ3v) is 3.93. The number of hydrogen-bond acceptors (Lipinski definition) is 2. The van der Waals surface area contributed by atoms with E-state index in [1.165, 1.54) is 35.1 Å². The van der Waals surface area contributed by atoms with Gasteiger partial charge in [-0.05, 0) is 68.8 Å². The molecule has 1 aliphatic heterocycles. The molecule has 1 aliphatic rings. The predicted molar refractivity (Wildman–Crippen MR) is 76.0 cm³/mol. The first-order valence-electron chi connectivity index (χ1n) is 7.06. The molecule has 1 aromatic carbocycles. The minimum absolute atomic E-state index is 0.498. The molecule has 0 radical (unpaired) electrons. The van der Waals surface area contributed by atoms with Crippen LogP contribution in [-0.2, 0) is 11.3 Å². The zero-order valence-electron chi connectivity index (χ0n) is 11.9. The van der Waals surface area contributed by atoms with Crippen molar-refractivity contribution in [3.05, 3.63) is 34.4 Å². The van der Waals surface area contributed by atoms with E-state index in [2.05, 4.69) is 38.2 Å². The van der Waals surface area contributed by atoms with Crippen LogP contribution in [0.3, 0.4) is 0 Å². The summed E-state index contributed by atoms with van der Waals surface area (Å²) in [7, 11) is 0. The molecule has 1 fully saturated rings. The first-order chi connectivity index (χ1) is 8.66. The molecule has 1 saturated heterocycles. The van der Waals surface area contributed by atoms with E-state index in [4.69, 9.17) is 4.74 Å². The summed E-state index contributed by atoms with van der Waals surface area (Å²) >= 11 is 0. The lowest BCUT2D eigenvalue weighted by molar-refractivity contribution is 0.104. The standard InChI is InChI=1S/C16H25NO/c1-12-9-14(3)15(10-13(12)2)11-17-7-6-16-5-4-8-18-16/h9-10,16-17H,4-8,11H2,1-3H3. The molecule has 1 unspecified atom stereocenters. The van der Waals surface area contributed by atoms with Crippen LogP contribution in [0.2, 0.25) is 0 Å². The Hall–Kier alpha value is -0.860. The summed E-state index contributed by atoms with van der Waals surface area (Å²) in [6.45, 7) is 9.54. The maximum atomic E-state index is 5.62. The lowest BCUT2D eigenvalue weighted by Gasteiger charge is -2.13. The van der Waals surface area contributed by atoms with E-state index >= 15 is 0 Å². The number of benzene rings is 1. The largest absolute Gasteiger partial charge is 0.378 e. The van der Waals surface area contributed by atoms with Gasteiger partial charge in [-0.3, -0.25) is 0 Å². The quantitative estimate of drug-likeness (QED) is 0.806. The van der Waals surface area contributed by atoms with Gasteiger partial charge in [-0.2, -0.15) is 0 Å². The molecular weight excluding hydrogens is 222 g/mol. The van der Waals surface area contributed by atoms with Crippen LogP contribution < -0.4 is 5.32 Å². The van der Waals surface area contributed by atoms with E-state index in [-0.39, 0.29) is 0 Å². The topological polar surface area (TPSA) is 21.3 Å². The molecule has 0 amide bonds. The minimum atomic E-state index is 0.498. The number of hydrogen-bond donors (Lipinski definition) is 1. The van der Waals surface area contributed by atoms with Crippen LogP contribution in [-0.4, -0.2) is 19.3 Å². The minimum Gasteiger partial charge on any atom is -0.378 e. The van der Waals surface area contributed by atoms with Crippen LogP contribution in [0.1, 0.15) is 41.5 Å². The van der Waals surface area contributed by atoms with Crippen molar-refractivity contribution in [2.24, 2.45) is 0 Å². The highest BCUT2D eigenvalue weighted by Crippen LogP contribution is 2.16. The Balaban J connectivity index is 1.77. The van der Waals surface area contributed by atoms with Crippen LogP contribution in [0.4, 0.5) is 0 Å². The van der Waals surface area contributed by atoms with Crippen LogP contribution in [0, 0.1) is 20.8 Å². The Bertz CT molecular complexity index is 394. The highest BCUT2D eigenvalue weighted by molar-refractivity contribution is 5.36. The van der Waals surface area contributed by atoms with Crippen LogP contribution >= 0.6 is 0 Å². The fourth-order valence-corrected chi connectivity index (χ4v) is 2.57. The monoisotopic (exact) mass is 247 g/mol. The van der Waals surface area contributed by atoms with Gasteiger partial charge in [0.2, 0.25) is 0 Å². The SMILES string of the molecule is Cc1cc(C)c(CNCCC2CCCO2)cc1C. The fraction of sp³-hybridized carbons (Fsp3) is 0.625. The van der Waals surface area contributed by atoms with Gasteiger partial charge in [0, 0.05) is 13.2 Å². The molecule has 100 valence electrons. The Labute approximate surface area is 111 Å². The highest BCUT2D eigenvalue weighted by Gasteiger charge is 2.14. The second-order valence-electron chi connectivity index (χ2n) is 5.46. The number of rotatable bonds is 5. The summed E-state index contributed by atoms with van der Waals surface area (Å²) < 4.78 is 5.62. The van der Waals surface area contributed by atoms with Crippen molar-refractivity contribution in [1.29, 1.82) is 0 Å². The van der Waals surface area contributed by atoms with Crippen molar-refractivity contribution < 1.29 is 4.74 Å². The summed E-state index contributed by atoms with van der Waals surface area (Å²) in [6.07, 6.45) is 4.12. The Morgan fingerprint density at radius 1 is 1.17 bits per heavy atom. The maximum Gasteiger partial charge on any atom is 0.0588 e. The van der Waals surface area contributed by atoms with Gasteiger partial charge >= 0.3 is 0 Å². The van der Waals surface area contributed by atoms with E-state index in [1.807, 2.05) is 0 Å². The normalized spacial score (nSPS) is 19.4. The molecule has 0 saturated carbocycles. The van der Waals surface area contributed by atoms with E-state index in [0.717, 1.165) is 26.1 Å². The smallest absolute Gasteiger partial charge is 0.0588 e. The summed E-state index contributed by atoms with van der Waals surface area (Å²) in [6, 6.07) is 4.59. The van der Waals surface area contributed by atoms with Crippen molar-refractivity contribution >= 4 is 0 Å². The summed E-state index contributed by atoms with van der Waals surface area (Å²) in [5, 5.41) is 3.54. The van der Waals surface area contributed by atoms with Crippen LogP contribution in [0.25, 0.3) is 0 Å². The molecule has 18 heavy (non-hydrogen) atoms. The maximum absolute atomic E-state index is 5.62. The molecule has 1 heterocycles. The van der Waals surface area contributed by atoms with E-state index in [9.17, 15) is 0 Å². The first kappa shape index (κ1) is 13.6. The molecule has 0 bridgehead atoms. The summed E-state index contributed by atoms with van der Waals surface area (Å²) in [5.74, 6) is 0. The Morgan fingerprint density at radius 3 is 2.67 bits per heavy atom. The van der Waals surface area contributed by atoms with E-state index in [0.29, 0.717) is 6.10 Å². The van der Waals surface area contributed by atoms with Crippen LogP contribution in [0.5, 0.6) is 0 Å². The van der Waals surface area contributed by atoms with Crippen molar-refractivity contribution in [2.45, 2.75) is 52.7 Å². The molecule has 0 aliphatic carbocycles. The second-order valence-corrected chi connectivity index (χ2v) is 5.46. The molecule has 1 atom stereocenters. The van der Waals surface area contributed by atoms with Gasteiger partial charge in [0.05, 0.1) is 6.10 Å². The number of aryl methyl sites for hydroxylation is 3. The summed E-state index contributed by atoms with van der Waals surface area (Å²) in [4.78, 5) is 0. The first-order valence-corrected chi connectivity index (χ1v) is 7.06. The molecule has 1 aromatic rings. The predicted octanol–water partition coefficient (Wildman–Crippen LogP) is 3.27. The van der Waals surface area contributed by atoms with Gasteiger partial charge in [0.25, 0.3) is 0 Å². The van der Waals surface area contributed by atoms with Crippen molar-refractivity contribution in [3.63, 3.8) is 0 Å². The number of nitrogens with one attached hydrogen (secondary N) is 1. The average Bonchev–Trinajstić information content (AvgIpc) is 2.84. The van der Waals surface area contributed by atoms with Crippen molar-refractivity contribution in [1.82, 2.24) is 5.32 Å². The summed E-state index contributed by atoms with van der Waals surface area (Å²) in [5.41, 5.74) is 5.58. The fourth-order valence-electron chi connectivity index (χ4n) is 2.57. The van der Waals surface area contributed by atoms with Gasteiger partial charge in [-0.15, -0.1) is 0 Å².